The van der Waals surface area contributed by atoms with Gasteiger partial charge in [-0.1, -0.05) is 12.1 Å². The molecule has 2 N–H and O–H groups in total. The van der Waals surface area contributed by atoms with Crippen LogP contribution in [0.5, 0.6) is 0 Å². The van der Waals surface area contributed by atoms with E-state index in [4.69, 9.17) is 0 Å². The van der Waals surface area contributed by atoms with Gasteiger partial charge in [0.15, 0.2) is 0 Å². The molecule has 20 heavy (non-hydrogen) atoms. The first-order chi connectivity index (χ1) is 9.75. The van der Waals surface area contributed by atoms with Crippen LogP contribution in [0, 0.1) is 10.1 Å². The van der Waals surface area contributed by atoms with Crippen LogP contribution < -0.4 is 0 Å². The molecule has 0 unspecified atom stereocenters. The Morgan fingerprint density at radius 1 is 0.950 bits per heavy atom. The van der Waals surface area contributed by atoms with Crippen molar-refractivity contribution in [3.05, 3.63) is 88.0 Å². The molecular weight excluding hydrogens is 254 g/mol. The van der Waals surface area contributed by atoms with E-state index in [-0.39, 0.29) is 16.5 Å². The van der Waals surface area contributed by atoms with Crippen LogP contribution in [0.4, 0.5) is 5.69 Å². The topological polar surface area (TPSA) is 74.7 Å². The van der Waals surface area contributed by atoms with Gasteiger partial charge in [0.2, 0.25) is 0 Å². The second kappa shape index (κ2) is 5.05. The number of hydrogen-bond donors (Lipinski definition) is 2. The molecule has 5 heteroatoms. The highest BCUT2D eigenvalue weighted by molar-refractivity contribution is 5.43. The van der Waals surface area contributed by atoms with E-state index in [9.17, 15) is 10.1 Å². The SMILES string of the molecule is O=[N+]([O-])c1cccc(C(c2ccc[nH]2)c2ccc[nH]2)c1. The minimum atomic E-state index is -0.371. The van der Waals surface area contributed by atoms with Crippen LogP contribution >= 0.6 is 0 Å². The highest BCUT2D eigenvalue weighted by Gasteiger charge is 2.20. The number of aromatic amines is 2. The third kappa shape index (κ3) is 2.21. The molecule has 0 saturated heterocycles. The molecule has 3 rings (SSSR count). The number of H-pyrrole nitrogens is 2. The summed E-state index contributed by atoms with van der Waals surface area (Å²) in [6, 6.07) is 14.5. The Morgan fingerprint density at radius 3 is 2.10 bits per heavy atom. The lowest BCUT2D eigenvalue weighted by Crippen LogP contribution is -2.04. The van der Waals surface area contributed by atoms with Gasteiger partial charge in [0, 0.05) is 35.9 Å². The van der Waals surface area contributed by atoms with E-state index in [1.165, 1.54) is 6.07 Å². The van der Waals surface area contributed by atoms with Gasteiger partial charge in [-0.05, 0) is 29.8 Å². The molecule has 0 spiro atoms. The van der Waals surface area contributed by atoms with E-state index in [0.29, 0.717) is 0 Å². The second-order valence-electron chi connectivity index (χ2n) is 4.54. The smallest absolute Gasteiger partial charge is 0.269 e. The van der Waals surface area contributed by atoms with E-state index in [0.717, 1.165) is 17.0 Å². The summed E-state index contributed by atoms with van der Waals surface area (Å²) < 4.78 is 0. The Kier molecular flexibility index (Phi) is 3.09. The van der Waals surface area contributed by atoms with Crippen molar-refractivity contribution >= 4 is 5.69 Å². The summed E-state index contributed by atoms with van der Waals surface area (Å²) >= 11 is 0. The Hall–Kier alpha value is -2.82. The van der Waals surface area contributed by atoms with Gasteiger partial charge in [0.1, 0.15) is 0 Å². The van der Waals surface area contributed by atoms with E-state index >= 15 is 0 Å². The van der Waals surface area contributed by atoms with Crippen molar-refractivity contribution in [1.82, 2.24) is 9.97 Å². The number of hydrogen-bond acceptors (Lipinski definition) is 2. The molecule has 0 radical (unpaired) electrons. The van der Waals surface area contributed by atoms with Crippen molar-refractivity contribution in [2.45, 2.75) is 5.92 Å². The van der Waals surface area contributed by atoms with Gasteiger partial charge in [-0.25, -0.2) is 0 Å². The highest BCUT2D eigenvalue weighted by Crippen LogP contribution is 2.31. The van der Waals surface area contributed by atoms with Gasteiger partial charge in [0.25, 0.3) is 5.69 Å². The Balaban J connectivity index is 2.11. The van der Waals surface area contributed by atoms with Gasteiger partial charge in [-0.3, -0.25) is 10.1 Å². The molecule has 0 saturated carbocycles. The van der Waals surface area contributed by atoms with Crippen molar-refractivity contribution in [3.8, 4) is 0 Å². The number of nitrogens with zero attached hydrogens (tertiary/aromatic N) is 1. The van der Waals surface area contributed by atoms with E-state index in [2.05, 4.69) is 9.97 Å². The Labute approximate surface area is 115 Å². The second-order valence-corrected chi connectivity index (χ2v) is 4.54. The van der Waals surface area contributed by atoms with Gasteiger partial charge < -0.3 is 9.97 Å². The fourth-order valence-electron chi connectivity index (χ4n) is 2.39. The third-order valence-electron chi connectivity index (χ3n) is 3.28. The molecule has 2 aromatic heterocycles. The van der Waals surface area contributed by atoms with E-state index < -0.39 is 0 Å². The van der Waals surface area contributed by atoms with Crippen LogP contribution in [0.1, 0.15) is 22.9 Å². The number of nitro benzene ring substituents is 1. The first-order valence-corrected chi connectivity index (χ1v) is 6.26. The molecule has 2 heterocycles. The fourth-order valence-corrected chi connectivity index (χ4v) is 2.39. The summed E-state index contributed by atoms with van der Waals surface area (Å²) in [5.41, 5.74) is 2.97. The molecule has 0 aliphatic rings. The normalized spacial score (nSPS) is 10.8. The van der Waals surface area contributed by atoms with Crippen molar-refractivity contribution in [1.29, 1.82) is 0 Å². The predicted molar refractivity (Wildman–Crippen MR) is 75.6 cm³/mol. The number of rotatable bonds is 4. The first kappa shape index (κ1) is 12.2. The molecule has 0 aliphatic carbocycles. The predicted octanol–water partition coefficient (Wildman–Crippen LogP) is 3.43. The lowest BCUT2D eigenvalue weighted by Gasteiger charge is -2.15. The molecule has 0 fully saturated rings. The van der Waals surface area contributed by atoms with Crippen LogP contribution in [-0.2, 0) is 0 Å². The molecule has 0 aliphatic heterocycles. The zero-order valence-electron chi connectivity index (χ0n) is 10.6. The van der Waals surface area contributed by atoms with Crippen LogP contribution in [-0.4, -0.2) is 14.9 Å². The summed E-state index contributed by atoms with van der Waals surface area (Å²) in [7, 11) is 0. The number of non-ortho nitro benzene ring substituents is 1. The summed E-state index contributed by atoms with van der Waals surface area (Å²) in [4.78, 5) is 16.9. The van der Waals surface area contributed by atoms with Gasteiger partial charge in [-0.2, -0.15) is 0 Å². The fraction of sp³-hybridized carbons (Fsp3) is 0.0667. The average Bonchev–Trinajstić information content (AvgIpc) is 3.13. The largest absolute Gasteiger partial charge is 0.364 e. The maximum Gasteiger partial charge on any atom is 0.269 e. The molecule has 0 amide bonds. The third-order valence-corrected chi connectivity index (χ3v) is 3.28. The van der Waals surface area contributed by atoms with Crippen LogP contribution in [0.3, 0.4) is 0 Å². The molecule has 1 aromatic carbocycles. The van der Waals surface area contributed by atoms with E-state index in [1.54, 1.807) is 12.1 Å². The molecule has 0 atom stereocenters. The summed E-state index contributed by atoms with van der Waals surface area (Å²) in [5, 5.41) is 10.9. The monoisotopic (exact) mass is 267 g/mol. The lowest BCUT2D eigenvalue weighted by atomic mass is 9.92. The Morgan fingerprint density at radius 2 is 1.60 bits per heavy atom. The van der Waals surface area contributed by atoms with Crippen LogP contribution in [0.15, 0.2) is 60.9 Å². The first-order valence-electron chi connectivity index (χ1n) is 6.26. The zero-order valence-corrected chi connectivity index (χ0v) is 10.6. The number of nitro groups is 1. The van der Waals surface area contributed by atoms with Crippen molar-refractivity contribution in [3.63, 3.8) is 0 Å². The van der Waals surface area contributed by atoms with Gasteiger partial charge in [-0.15, -0.1) is 0 Å². The molecule has 3 aromatic rings. The van der Waals surface area contributed by atoms with Crippen molar-refractivity contribution < 1.29 is 4.92 Å². The summed E-state index contributed by atoms with van der Waals surface area (Å²) in [6.07, 6.45) is 3.70. The lowest BCUT2D eigenvalue weighted by molar-refractivity contribution is -0.384. The minimum Gasteiger partial charge on any atom is -0.364 e. The molecule has 100 valence electrons. The van der Waals surface area contributed by atoms with E-state index in [1.807, 2.05) is 42.7 Å². The quantitative estimate of drug-likeness (QED) is 0.561. The molecule has 0 bridgehead atoms. The van der Waals surface area contributed by atoms with Gasteiger partial charge in [0.05, 0.1) is 10.8 Å². The van der Waals surface area contributed by atoms with Crippen LogP contribution in [0.25, 0.3) is 0 Å². The number of nitrogens with one attached hydrogen (secondary N) is 2. The Bertz CT molecular complexity index is 668. The highest BCUT2D eigenvalue weighted by atomic mass is 16.6. The van der Waals surface area contributed by atoms with Crippen molar-refractivity contribution in [2.75, 3.05) is 0 Å². The minimum absolute atomic E-state index is 0.0695. The number of aromatic nitrogens is 2. The molecular formula is C15H13N3O2. The standard InChI is InChI=1S/C15H13N3O2/c19-18(20)12-5-1-4-11(10-12)15(13-6-2-8-16-13)14-7-3-9-17-14/h1-10,15-17H. The zero-order chi connectivity index (χ0) is 13.9. The summed E-state index contributed by atoms with van der Waals surface area (Å²) in [5.74, 6) is -0.0695. The summed E-state index contributed by atoms with van der Waals surface area (Å²) in [6.45, 7) is 0. The maximum absolute atomic E-state index is 10.9. The van der Waals surface area contributed by atoms with Crippen LogP contribution in [0.2, 0.25) is 0 Å². The van der Waals surface area contributed by atoms with Crippen molar-refractivity contribution in [2.24, 2.45) is 0 Å². The van der Waals surface area contributed by atoms with Gasteiger partial charge >= 0.3 is 0 Å². The number of benzene rings is 1. The maximum atomic E-state index is 10.9. The molecule has 5 nitrogen and oxygen atoms in total. The average molecular weight is 267 g/mol.